The number of hydrogen-bond donors (Lipinski definition) is 2. The van der Waals surface area contributed by atoms with Crippen molar-refractivity contribution in [3.63, 3.8) is 0 Å². The van der Waals surface area contributed by atoms with Crippen LogP contribution in [0.4, 0.5) is 21.2 Å². The van der Waals surface area contributed by atoms with Crippen molar-refractivity contribution in [2.24, 2.45) is 0 Å². The lowest BCUT2D eigenvalue weighted by Crippen LogP contribution is -2.33. The molecule has 0 bridgehead atoms. The number of benzene rings is 2. The lowest BCUT2D eigenvalue weighted by atomic mass is 10.1. The number of nitrogens with one attached hydrogen (secondary N) is 2. The Morgan fingerprint density at radius 1 is 0.938 bits per heavy atom. The molecule has 48 heavy (non-hydrogen) atoms. The SMILES string of the molecule is CC(CCCCNC(=O)OC(C)(C)C)n1c(NC(=O)c2cccc(C(=O)OC(C)(C)C)c2)nc2cccc(N3CCN(C4CC4)C3=O)c21. The highest BCUT2D eigenvalue weighted by Crippen LogP contribution is 2.38. The van der Waals surface area contributed by atoms with E-state index in [1.165, 1.54) is 6.07 Å². The molecule has 1 aliphatic heterocycles. The number of aromatic nitrogens is 2. The zero-order chi connectivity index (χ0) is 34.8. The molecule has 1 aromatic heterocycles. The van der Waals surface area contributed by atoms with Gasteiger partial charge >= 0.3 is 18.1 Å². The van der Waals surface area contributed by atoms with E-state index in [2.05, 4.69) is 17.6 Å². The number of para-hydroxylation sites is 1. The number of esters is 1. The summed E-state index contributed by atoms with van der Waals surface area (Å²) in [5, 5.41) is 5.80. The Kier molecular flexibility index (Phi) is 10.0. The standard InChI is InChI=1S/C36H48N6O6/c1-23(12-8-9-19-37-33(45)48-36(5,6)7)42-29-27(15-11-16-28(29)41-21-20-40(34(41)46)26-17-18-26)38-32(42)39-30(43)24-13-10-14-25(22-24)31(44)47-35(2,3)4/h10-11,13-16,22-23,26H,8-9,12,17-21H2,1-7H3,(H,37,45)(H,38,39,43). The molecular weight excluding hydrogens is 612 g/mol. The van der Waals surface area contributed by atoms with Crippen LogP contribution >= 0.6 is 0 Å². The van der Waals surface area contributed by atoms with Crippen LogP contribution in [0.15, 0.2) is 42.5 Å². The van der Waals surface area contributed by atoms with Crippen LogP contribution < -0.4 is 15.5 Å². The molecule has 258 valence electrons. The van der Waals surface area contributed by atoms with E-state index in [9.17, 15) is 19.2 Å². The molecule has 4 amide bonds. The fourth-order valence-corrected chi connectivity index (χ4v) is 5.86. The number of fused-ring (bicyclic) bond motifs is 1. The number of ether oxygens (including phenoxy) is 2. The number of imidazole rings is 1. The zero-order valence-corrected chi connectivity index (χ0v) is 29.1. The number of nitrogens with zero attached hydrogens (tertiary/aromatic N) is 4. The minimum Gasteiger partial charge on any atom is -0.456 e. The van der Waals surface area contributed by atoms with Crippen LogP contribution in [0, 0.1) is 0 Å². The summed E-state index contributed by atoms with van der Waals surface area (Å²) in [4.78, 5) is 60.6. The number of alkyl carbamates (subject to hydrolysis) is 1. The summed E-state index contributed by atoms with van der Waals surface area (Å²) in [6.07, 6.45) is 3.84. The lowest BCUT2D eigenvalue weighted by molar-refractivity contribution is 0.00691. The molecule has 12 nitrogen and oxygen atoms in total. The van der Waals surface area contributed by atoms with Crippen molar-refractivity contribution in [2.75, 3.05) is 29.9 Å². The lowest BCUT2D eigenvalue weighted by Gasteiger charge is -2.23. The van der Waals surface area contributed by atoms with Gasteiger partial charge in [-0.05, 0) is 111 Å². The first-order valence-electron chi connectivity index (χ1n) is 16.8. The Bertz CT molecular complexity index is 1680. The molecule has 1 aliphatic carbocycles. The number of urea groups is 1. The summed E-state index contributed by atoms with van der Waals surface area (Å²) < 4.78 is 12.8. The number of carbonyl (C=O) groups is 4. The second-order valence-electron chi connectivity index (χ2n) is 14.6. The topological polar surface area (TPSA) is 135 Å². The van der Waals surface area contributed by atoms with Gasteiger partial charge in [0, 0.05) is 37.3 Å². The van der Waals surface area contributed by atoms with Crippen molar-refractivity contribution in [1.82, 2.24) is 19.8 Å². The third kappa shape index (κ3) is 8.45. The van der Waals surface area contributed by atoms with Gasteiger partial charge in [0.15, 0.2) is 0 Å². The summed E-state index contributed by atoms with van der Waals surface area (Å²) in [5.74, 6) is -0.598. The number of carbonyl (C=O) groups excluding carboxylic acids is 4. The van der Waals surface area contributed by atoms with E-state index in [-0.39, 0.29) is 23.2 Å². The molecule has 3 aromatic rings. The van der Waals surface area contributed by atoms with Gasteiger partial charge in [0.25, 0.3) is 5.91 Å². The molecule has 2 fully saturated rings. The largest absolute Gasteiger partial charge is 0.456 e. The Labute approximate surface area is 282 Å². The Morgan fingerprint density at radius 3 is 2.31 bits per heavy atom. The number of anilines is 2. The third-order valence-electron chi connectivity index (χ3n) is 8.15. The van der Waals surface area contributed by atoms with Crippen molar-refractivity contribution in [3.05, 3.63) is 53.6 Å². The molecular formula is C36H48N6O6. The molecule has 0 radical (unpaired) electrons. The molecule has 1 atom stereocenters. The molecule has 2 aliphatic rings. The van der Waals surface area contributed by atoms with Crippen LogP contribution in [-0.4, -0.2) is 75.3 Å². The predicted octanol–water partition coefficient (Wildman–Crippen LogP) is 6.90. The summed E-state index contributed by atoms with van der Waals surface area (Å²) in [7, 11) is 0. The fraction of sp³-hybridized carbons (Fsp3) is 0.528. The van der Waals surface area contributed by atoms with E-state index >= 15 is 0 Å². The van der Waals surface area contributed by atoms with E-state index < -0.39 is 29.2 Å². The van der Waals surface area contributed by atoms with Gasteiger partial charge in [0.05, 0.1) is 22.3 Å². The molecule has 0 spiro atoms. The number of amides is 4. The van der Waals surface area contributed by atoms with Gasteiger partial charge in [0.2, 0.25) is 5.95 Å². The predicted molar refractivity (Wildman–Crippen MR) is 185 cm³/mol. The highest BCUT2D eigenvalue weighted by atomic mass is 16.6. The average Bonchev–Trinajstić information content (AvgIpc) is 3.66. The number of rotatable bonds is 11. The minimum atomic E-state index is -0.674. The average molecular weight is 661 g/mol. The van der Waals surface area contributed by atoms with E-state index in [4.69, 9.17) is 14.5 Å². The Hall–Kier alpha value is -4.61. The number of unbranched alkanes of at least 4 members (excludes halogenated alkanes) is 1. The maximum absolute atomic E-state index is 13.7. The van der Waals surface area contributed by atoms with Crippen molar-refractivity contribution in [1.29, 1.82) is 0 Å². The molecule has 1 saturated carbocycles. The van der Waals surface area contributed by atoms with Crippen molar-refractivity contribution in [2.45, 2.75) is 104 Å². The fourth-order valence-electron chi connectivity index (χ4n) is 5.86. The molecule has 5 rings (SSSR count). The van der Waals surface area contributed by atoms with Crippen LogP contribution in [0.3, 0.4) is 0 Å². The van der Waals surface area contributed by atoms with Gasteiger partial charge < -0.3 is 24.3 Å². The van der Waals surface area contributed by atoms with Gasteiger partial charge in [0.1, 0.15) is 11.2 Å². The molecule has 1 unspecified atom stereocenters. The second-order valence-corrected chi connectivity index (χ2v) is 14.6. The molecule has 1 saturated heterocycles. The zero-order valence-electron chi connectivity index (χ0n) is 29.1. The number of hydrogen-bond acceptors (Lipinski definition) is 7. The first kappa shape index (κ1) is 34.7. The van der Waals surface area contributed by atoms with Crippen LogP contribution in [0.25, 0.3) is 11.0 Å². The molecule has 2 aromatic carbocycles. The highest BCUT2D eigenvalue weighted by Gasteiger charge is 2.40. The molecule has 2 heterocycles. The van der Waals surface area contributed by atoms with Crippen LogP contribution in [0.2, 0.25) is 0 Å². The van der Waals surface area contributed by atoms with Crippen LogP contribution in [0.5, 0.6) is 0 Å². The molecule has 2 N–H and O–H groups in total. The van der Waals surface area contributed by atoms with Crippen molar-refractivity contribution >= 4 is 46.7 Å². The van der Waals surface area contributed by atoms with Gasteiger partial charge in [-0.1, -0.05) is 12.1 Å². The highest BCUT2D eigenvalue weighted by molar-refractivity contribution is 6.07. The minimum absolute atomic E-state index is 0.0110. The monoisotopic (exact) mass is 660 g/mol. The van der Waals surface area contributed by atoms with Crippen LogP contribution in [0.1, 0.15) is 107 Å². The smallest absolute Gasteiger partial charge is 0.407 e. The quantitative estimate of drug-likeness (QED) is 0.169. The van der Waals surface area contributed by atoms with Crippen molar-refractivity contribution < 1.29 is 28.7 Å². The second kappa shape index (κ2) is 13.9. The first-order chi connectivity index (χ1) is 22.6. The van der Waals surface area contributed by atoms with Gasteiger partial charge in [-0.2, -0.15) is 0 Å². The third-order valence-corrected chi connectivity index (χ3v) is 8.15. The van der Waals surface area contributed by atoms with Crippen LogP contribution in [-0.2, 0) is 9.47 Å². The normalized spacial score (nSPS) is 15.9. The molecule has 12 heteroatoms. The maximum atomic E-state index is 13.7. The maximum Gasteiger partial charge on any atom is 0.407 e. The summed E-state index contributed by atoms with van der Waals surface area (Å²) in [6.45, 7) is 14.6. The van der Waals surface area contributed by atoms with Crippen molar-refractivity contribution in [3.8, 4) is 0 Å². The van der Waals surface area contributed by atoms with Gasteiger partial charge in [-0.15, -0.1) is 0 Å². The van der Waals surface area contributed by atoms with E-state index in [1.54, 1.807) is 39.0 Å². The summed E-state index contributed by atoms with van der Waals surface area (Å²) in [6, 6.07) is 12.3. The first-order valence-corrected chi connectivity index (χ1v) is 16.8. The van der Waals surface area contributed by atoms with Gasteiger partial charge in [-0.25, -0.2) is 19.4 Å². The Morgan fingerprint density at radius 2 is 1.62 bits per heavy atom. The Balaban J connectivity index is 1.40. The summed E-state index contributed by atoms with van der Waals surface area (Å²) >= 11 is 0. The van der Waals surface area contributed by atoms with E-state index in [0.717, 1.165) is 43.3 Å². The summed E-state index contributed by atoms with van der Waals surface area (Å²) in [5.41, 5.74) is 1.48. The van der Waals surface area contributed by atoms with E-state index in [0.29, 0.717) is 37.1 Å². The van der Waals surface area contributed by atoms with Gasteiger partial charge in [-0.3, -0.25) is 15.0 Å². The van der Waals surface area contributed by atoms with E-state index in [1.807, 2.05) is 53.3 Å².